The summed E-state index contributed by atoms with van der Waals surface area (Å²) in [6.07, 6.45) is 8.87. The second kappa shape index (κ2) is 8.03. The molecule has 3 N–H and O–H groups in total. The number of rotatable bonds is 6. The zero-order valence-electron chi connectivity index (χ0n) is 23.6. The third kappa shape index (κ3) is 2.99. The summed E-state index contributed by atoms with van der Waals surface area (Å²) in [7, 11) is 0. The van der Waals surface area contributed by atoms with Gasteiger partial charge in [-0.25, -0.2) is 9.78 Å². The Kier molecular flexibility index (Phi) is 5.88. The molecule has 2 saturated carbocycles. The molecule has 2 aliphatic heterocycles. The average molecular weight is 515 g/mol. The van der Waals surface area contributed by atoms with Crippen molar-refractivity contribution in [1.82, 2.24) is 0 Å². The van der Waals surface area contributed by atoms with E-state index < -0.39 is 57.5 Å². The number of aliphatic carboxylic acids is 1. The van der Waals surface area contributed by atoms with Gasteiger partial charge < -0.3 is 15.3 Å². The van der Waals surface area contributed by atoms with Crippen LogP contribution in [0.25, 0.3) is 0 Å². The van der Waals surface area contributed by atoms with Crippen LogP contribution in [0.15, 0.2) is 36.0 Å². The summed E-state index contributed by atoms with van der Waals surface area (Å²) in [6, 6.07) is 0. The van der Waals surface area contributed by atoms with Crippen molar-refractivity contribution in [2.45, 2.75) is 110 Å². The van der Waals surface area contributed by atoms with Gasteiger partial charge in [-0.3, -0.25) is 4.79 Å². The molecule has 2 bridgehead atoms. The van der Waals surface area contributed by atoms with E-state index in [0.717, 1.165) is 12.0 Å². The van der Waals surface area contributed by atoms with Crippen molar-refractivity contribution in [3.8, 4) is 0 Å². The lowest BCUT2D eigenvalue weighted by Gasteiger charge is -2.72. The van der Waals surface area contributed by atoms with Crippen LogP contribution in [-0.4, -0.2) is 44.7 Å². The third-order valence-corrected chi connectivity index (χ3v) is 12.3. The summed E-state index contributed by atoms with van der Waals surface area (Å²) in [5.41, 5.74) is -1.52. The topological polar surface area (TPSA) is 96.2 Å². The first-order valence-electron chi connectivity index (χ1n) is 14.1. The maximum atomic E-state index is 12.7. The van der Waals surface area contributed by atoms with E-state index in [4.69, 9.17) is 9.78 Å². The first-order chi connectivity index (χ1) is 17.0. The van der Waals surface area contributed by atoms with Crippen LogP contribution >= 0.6 is 0 Å². The molecule has 1 saturated heterocycles. The maximum absolute atomic E-state index is 12.7. The second-order valence-corrected chi connectivity index (χ2v) is 14.2. The van der Waals surface area contributed by atoms with Crippen molar-refractivity contribution in [3.63, 3.8) is 0 Å². The smallest absolute Gasteiger partial charge is 0.306 e. The van der Waals surface area contributed by atoms with Gasteiger partial charge in [-0.2, -0.15) is 0 Å². The number of aliphatic hydroxyl groups excluding tert-OH is 2. The van der Waals surface area contributed by atoms with Crippen LogP contribution in [0, 0.1) is 39.4 Å². The summed E-state index contributed by atoms with van der Waals surface area (Å²) >= 11 is 0. The van der Waals surface area contributed by atoms with Gasteiger partial charge in [-0.05, 0) is 67.6 Å². The molecular weight excluding hydrogens is 468 g/mol. The molecule has 6 rings (SSSR count). The summed E-state index contributed by atoms with van der Waals surface area (Å²) in [5, 5.41) is 33.0. The lowest BCUT2D eigenvalue weighted by Crippen LogP contribution is -2.76. The van der Waals surface area contributed by atoms with E-state index in [1.165, 1.54) is 5.57 Å². The summed E-state index contributed by atoms with van der Waals surface area (Å²) in [4.78, 5) is 25.6. The van der Waals surface area contributed by atoms with Gasteiger partial charge in [-0.1, -0.05) is 66.7 Å². The highest BCUT2D eigenvalue weighted by Crippen LogP contribution is 2.77. The minimum Gasteiger partial charge on any atom is -0.481 e. The first kappa shape index (κ1) is 27.1. The van der Waals surface area contributed by atoms with Crippen LogP contribution in [0.2, 0.25) is 0 Å². The van der Waals surface area contributed by atoms with Crippen molar-refractivity contribution in [3.05, 3.63) is 36.0 Å². The van der Waals surface area contributed by atoms with E-state index >= 15 is 0 Å². The van der Waals surface area contributed by atoms with Gasteiger partial charge in [0.15, 0.2) is 0 Å². The Balaban J connectivity index is 1.60. The quantitative estimate of drug-likeness (QED) is 0.315. The Hall–Kier alpha value is -1.47. The zero-order valence-corrected chi connectivity index (χ0v) is 23.6. The van der Waals surface area contributed by atoms with E-state index in [2.05, 4.69) is 59.4 Å². The van der Waals surface area contributed by atoms with Crippen molar-refractivity contribution in [2.75, 3.05) is 0 Å². The van der Waals surface area contributed by atoms with E-state index in [1.807, 2.05) is 13.8 Å². The minimum absolute atomic E-state index is 0.294. The number of hydrogen-bond acceptors (Lipinski definition) is 5. The van der Waals surface area contributed by atoms with Crippen molar-refractivity contribution >= 4 is 5.97 Å². The number of carboxylic acids is 1. The van der Waals surface area contributed by atoms with Gasteiger partial charge in [-0.15, -0.1) is 0 Å². The largest absolute Gasteiger partial charge is 0.481 e. The fourth-order valence-corrected chi connectivity index (χ4v) is 9.40. The number of hydrogen-bond donors (Lipinski definition) is 3. The van der Waals surface area contributed by atoms with Crippen LogP contribution in [0.3, 0.4) is 0 Å². The molecule has 3 fully saturated rings. The van der Waals surface area contributed by atoms with E-state index in [9.17, 15) is 20.1 Å². The Morgan fingerprint density at radius 1 is 1.14 bits per heavy atom. The highest BCUT2D eigenvalue weighted by Gasteiger charge is 2.80. The summed E-state index contributed by atoms with van der Waals surface area (Å²) in [5.74, 6) is -1.67. The number of carboxylic acid groups (broad SMARTS) is 1. The van der Waals surface area contributed by atoms with Crippen LogP contribution in [0.5, 0.6) is 0 Å². The predicted octanol–water partition coefficient (Wildman–Crippen LogP) is 5.60. The molecule has 0 radical (unpaired) electrons. The van der Waals surface area contributed by atoms with Crippen LogP contribution in [0.4, 0.5) is 0 Å². The van der Waals surface area contributed by atoms with Gasteiger partial charge in [0, 0.05) is 22.2 Å². The van der Waals surface area contributed by atoms with Gasteiger partial charge >= 0.3 is 5.97 Å². The summed E-state index contributed by atoms with van der Waals surface area (Å²) in [6.45, 7) is 19.0. The van der Waals surface area contributed by atoms with Gasteiger partial charge in [0.05, 0.1) is 18.1 Å². The molecule has 9 atom stereocenters. The molecule has 6 aliphatic rings. The van der Waals surface area contributed by atoms with E-state index in [-0.39, 0.29) is 5.41 Å². The average Bonchev–Trinajstić information content (AvgIpc) is 3.03. The lowest BCUT2D eigenvalue weighted by molar-refractivity contribution is -0.483. The zero-order chi connectivity index (χ0) is 27.4. The van der Waals surface area contributed by atoms with Gasteiger partial charge in [0.25, 0.3) is 0 Å². The Bertz CT molecular complexity index is 1070. The Morgan fingerprint density at radius 2 is 1.81 bits per heavy atom. The molecule has 4 aliphatic carbocycles. The fraction of sp³-hybridized carbons (Fsp3) is 0.774. The lowest BCUT2D eigenvalue weighted by atomic mass is 9.39. The molecule has 6 heteroatoms. The third-order valence-electron chi connectivity index (χ3n) is 12.3. The number of carbonyl (C=O) groups is 1. The standard InChI is InChI=1S/C31H46O6/c1-18(2)19(3)9-10-20(25(34)35)24-21(32)17-29(8)28(24,7)13-11-22-27(6)14-12-23(33)26(4,5)31(27)16-15-30(22,29)36-37-31/h11,15-16,18,20-21,23-24,32-33H,3,9-10,12-14,17H2,1-2,4-8H3,(H,34,35)/t20-,21-,23+,24+,27-,28-,29-,30?,31-/m1/s1. The van der Waals surface area contributed by atoms with E-state index in [1.54, 1.807) is 0 Å². The first-order valence-corrected chi connectivity index (χ1v) is 14.1. The fourth-order valence-electron chi connectivity index (χ4n) is 9.40. The molecule has 0 aromatic rings. The van der Waals surface area contributed by atoms with Crippen LogP contribution < -0.4 is 0 Å². The molecule has 1 unspecified atom stereocenters. The van der Waals surface area contributed by atoms with Gasteiger partial charge in [0.2, 0.25) is 0 Å². The monoisotopic (exact) mass is 514 g/mol. The van der Waals surface area contributed by atoms with Crippen molar-refractivity contribution in [2.24, 2.45) is 39.4 Å². The molecule has 37 heavy (non-hydrogen) atoms. The normalized spacial score (nSPS) is 48.2. The van der Waals surface area contributed by atoms with Gasteiger partial charge in [0.1, 0.15) is 11.2 Å². The minimum atomic E-state index is -0.894. The second-order valence-electron chi connectivity index (χ2n) is 14.2. The highest BCUT2D eigenvalue weighted by molar-refractivity contribution is 5.71. The van der Waals surface area contributed by atoms with Crippen molar-refractivity contribution in [1.29, 1.82) is 0 Å². The maximum Gasteiger partial charge on any atom is 0.306 e. The summed E-state index contributed by atoms with van der Waals surface area (Å²) < 4.78 is 0. The van der Waals surface area contributed by atoms with E-state index in [0.29, 0.717) is 38.0 Å². The molecule has 6 nitrogen and oxygen atoms in total. The molecular formula is C31H46O6. The number of aliphatic hydroxyl groups is 2. The SMILES string of the molecule is C=C(CC[C@@H](C(=O)O)[C@H]1[C@H](O)C[C@@]2(C)C34C=C[C@@]5(OO3)C(C)(C)[C@@H](O)CC[C@]5(C)C4=CC[C@]12C)C(C)C. The molecule has 0 aromatic heterocycles. The van der Waals surface area contributed by atoms with Crippen LogP contribution in [-0.2, 0) is 14.6 Å². The predicted molar refractivity (Wildman–Crippen MR) is 141 cm³/mol. The number of fused-ring (bicyclic) bond motifs is 2. The number of allylic oxidation sites excluding steroid dienone is 2. The molecule has 0 amide bonds. The highest BCUT2D eigenvalue weighted by atomic mass is 17.2. The Morgan fingerprint density at radius 3 is 2.38 bits per heavy atom. The Labute approximate surface area is 221 Å². The molecule has 0 aromatic carbocycles. The molecule has 2 heterocycles. The van der Waals surface area contributed by atoms with Crippen LogP contribution in [0.1, 0.15) is 87.0 Å². The van der Waals surface area contributed by atoms with Crippen molar-refractivity contribution < 1.29 is 29.9 Å². The molecule has 206 valence electrons. The molecule has 2 spiro atoms.